The molecule has 1 aliphatic carbocycles. The minimum Gasteiger partial charge on any atom is -0.303 e. The second-order valence-corrected chi connectivity index (χ2v) is 3.36. The monoisotopic (exact) mass is 138 g/mol. The standard InChI is InChI=1S/C9H14O/c1-3-8-5-4-6-9(8,2)7-10/h3,7-8H,1,4-6H2,2H3/t8-,9-/m0/s1. The van der Waals surface area contributed by atoms with E-state index in [2.05, 4.69) is 6.58 Å². The number of carbonyl (C=O) groups is 1. The lowest BCUT2D eigenvalue weighted by atomic mass is 9.81. The summed E-state index contributed by atoms with van der Waals surface area (Å²) < 4.78 is 0. The van der Waals surface area contributed by atoms with Gasteiger partial charge in [-0.2, -0.15) is 0 Å². The van der Waals surface area contributed by atoms with Crippen LogP contribution in [0.25, 0.3) is 0 Å². The summed E-state index contributed by atoms with van der Waals surface area (Å²) in [7, 11) is 0. The van der Waals surface area contributed by atoms with Crippen molar-refractivity contribution >= 4 is 6.29 Å². The first-order chi connectivity index (χ1) is 4.73. The summed E-state index contributed by atoms with van der Waals surface area (Å²) in [6.07, 6.45) is 6.35. The summed E-state index contributed by atoms with van der Waals surface area (Å²) in [5.41, 5.74) is -0.0955. The highest BCUT2D eigenvalue weighted by atomic mass is 16.1. The molecule has 10 heavy (non-hydrogen) atoms. The van der Waals surface area contributed by atoms with E-state index in [0.717, 1.165) is 19.1 Å². The summed E-state index contributed by atoms with van der Waals surface area (Å²) in [5.74, 6) is 0.421. The molecule has 0 heterocycles. The number of hydrogen-bond acceptors (Lipinski definition) is 1. The van der Waals surface area contributed by atoms with Crippen LogP contribution in [-0.4, -0.2) is 6.29 Å². The normalized spacial score (nSPS) is 39.5. The molecule has 1 rings (SSSR count). The lowest BCUT2D eigenvalue weighted by Crippen LogP contribution is -2.21. The van der Waals surface area contributed by atoms with Gasteiger partial charge in [-0.05, 0) is 18.8 Å². The van der Waals surface area contributed by atoms with Gasteiger partial charge in [0, 0.05) is 5.41 Å². The van der Waals surface area contributed by atoms with E-state index >= 15 is 0 Å². The molecule has 1 fully saturated rings. The van der Waals surface area contributed by atoms with E-state index in [0.29, 0.717) is 5.92 Å². The summed E-state index contributed by atoms with van der Waals surface area (Å²) in [4.78, 5) is 10.7. The van der Waals surface area contributed by atoms with Gasteiger partial charge in [0.05, 0.1) is 0 Å². The second kappa shape index (κ2) is 2.57. The number of carbonyl (C=O) groups excluding carboxylic acids is 1. The maximum Gasteiger partial charge on any atom is 0.126 e. The van der Waals surface area contributed by atoms with E-state index in [1.807, 2.05) is 13.0 Å². The van der Waals surface area contributed by atoms with E-state index in [1.165, 1.54) is 6.42 Å². The molecule has 0 spiro atoms. The first kappa shape index (κ1) is 7.52. The van der Waals surface area contributed by atoms with Crippen LogP contribution in [0.2, 0.25) is 0 Å². The molecule has 0 unspecified atom stereocenters. The van der Waals surface area contributed by atoms with Crippen LogP contribution in [0.4, 0.5) is 0 Å². The number of allylic oxidation sites excluding steroid dienone is 1. The average Bonchev–Trinajstić information content (AvgIpc) is 2.32. The molecular weight excluding hydrogens is 124 g/mol. The van der Waals surface area contributed by atoms with Gasteiger partial charge in [0.15, 0.2) is 0 Å². The van der Waals surface area contributed by atoms with Gasteiger partial charge in [-0.25, -0.2) is 0 Å². The highest BCUT2D eigenvalue weighted by Crippen LogP contribution is 2.41. The molecule has 2 atom stereocenters. The van der Waals surface area contributed by atoms with Crippen molar-refractivity contribution in [3.8, 4) is 0 Å². The molecule has 0 N–H and O–H groups in total. The third kappa shape index (κ3) is 1.00. The quantitative estimate of drug-likeness (QED) is 0.422. The highest BCUT2D eigenvalue weighted by molar-refractivity contribution is 5.60. The van der Waals surface area contributed by atoms with Crippen LogP contribution < -0.4 is 0 Å². The van der Waals surface area contributed by atoms with Crippen LogP contribution in [0.1, 0.15) is 26.2 Å². The van der Waals surface area contributed by atoms with Gasteiger partial charge in [-0.15, -0.1) is 6.58 Å². The van der Waals surface area contributed by atoms with E-state index < -0.39 is 0 Å². The smallest absolute Gasteiger partial charge is 0.126 e. The van der Waals surface area contributed by atoms with Gasteiger partial charge in [0.1, 0.15) is 6.29 Å². The van der Waals surface area contributed by atoms with Crippen LogP contribution in [-0.2, 0) is 4.79 Å². The van der Waals surface area contributed by atoms with Crippen LogP contribution >= 0.6 is 0 Å². The molecule has 0 radical (unpaired) electrons. The zero-order valence-electron chi connectivity index (χ0n) is 6.47. The fraction of sp³-hybridized carbons (Fsp3) is 0.667. The fourth-order valence-electron chi connectivity index (χ4n) is 1.75. The Balaban J connectivity index is 2.74. The van der Waals surface area contributed by atoms with Gasteiger partial charge < -0.3 is 4.79 Å². The number of rotatable bonds is 2. The Hall–Kier alpha value is -0.590. The molecule has 1 heteroatoms. The predicted octanol–water partition coefficient (Wildman–Crippen LogP) is 2.18. The molecule has 0 aliphatic heterocycles. The first-order valence-corrected chi connectivity index (χ1v) is 3.82. The Morgan fingerprint density at radius 3 is 2.80 bits per heavy atom. The van der Waals surface area contributed by atoms with E-state index in [4.69, 9.17) is 0 Å². The molecule has 0 aromatic heterocycles. The Bertz CT molecular complexity index is 151. The van der Waals surface area contributed by atoms with Gasteiger partial charge in [-0.3, -0.25) is 0 Å². The van der Waals surface area contributed by atoms with Gasteiger partial charge in [-0.1, -0.05) is 19.4 Å². The molecule has 0 aromatic carbocycles. The van der Waals surface area contributed by atoms with Crippen molar-refractivity contribution in [2.75, 3.05) is 0 Å². The van der Waals surface area contributed by atoms with Crippen molar-refractivity contribution in [3.63, 3.8) is 0 Å². The largest absolute Gasteiger partial charge is 0.303 e. The maximum absolute atomic E-state index is 10.7. The van der Waals surface area contributed by atoms with Gasteiger partial charge in [0.2, 0.25) is 0 Å². The lowest BCUT2D eigenvalue weighted by Gasteiger charge is -2.21. The van der Waals surface area contributed by atoms with E-state index in [-0.39, 0.29) is 5.41 Å². The van der Waals surface area contributed by atoms with Gasteiger partial charge in [0.25, 0.3) is 0 Å². The van der Waals surface area contributed by atoms with Gasteiger partial charge >= 0.3 is 0 Å². The Labute approximate surface area is 62.1 Å². The van der Waals surface area contributed by atoms with Crippen molar-refractivity contribution < 1.29 is 4.79 Å². The Kier molecular flexibility index (Phi) is 1.93. The second-order valence-electron chi connectivity index (χ2n) is 3.36. The third-order valence-electron chi connectivity index (χ3n) is 2.63. The van der Waals surface area contributed by atoms with Crippen LogP contribution in [0.15, 0.2) is 12.7 Å². The van der Waals surface area contributed by atoms with Crippen LogP contribution in [0.3, 0.4) is 0 Å². The Morgan fingerprint density at radius 2 is 2.40 bits per heavy atom. The molecule has 1 nitrogen and oxygen atoms in total. The zero-order chi connectivity index (χ0) is 7.61. The summed E-state index contributed by atoms with van der Waals surface area (Å²) >= 11 is 0. The predicted molar refractivity (Wildman–Crippen MR) is 41.7 cm³/mol. The van der Waals surface area contributed by atoms with Crippen molar-refractivity contribution in [2.24, 2.45) is 11.3 Å². The van der Waals surface area contributed by atoms with Crippen LogP contribution in [0, 0.1) is 11.3 Å². The molecule has 0 bridgehead atoms. The highest BCUT2D eigenvalue weighted by Gasteiger charge is 2.36. The van der Waals surface area contributed by atoms with Crippen molar-refractivity contribution in [1.29, 1.82) is 0 Å². The molecule has 1 saturated carbocycles. The third-order valence-corrected chi connectivity index (χ3v) is 2.63. The number of aldehydes is 1. The molecule has 0 saturated heterocycles. The topological polar surface area (TPSA) is 17.1 Å². The average molecular weight is 138 g/mol. The first-order valence-electron chi connectivity index (χ1n) is 3.82. The summed E-state index contributed by atoms with van der Waals surface area (Å²) in [6, 6.07) is 0. The molecular formula is C9H14O. The molecule has 56 valence electrons. The van der Waals surface area contributed by atoms with Crippen LogP contribution in [0.5, 0.6) is 0 Å². The molecule has 0 amide bonds. The van der Waals surface area contributed by atoms with Crippen molar-refractivity contribution in [1.82, 2.24) is 0 Å². The lowest BCUT2D eigenvalue weighted by molar-refractivity contribution is -0.116. The minimum atomic E-state index is -0.0955. The fourth-order valence-corrected chi connectivity index (χ4v) is 1.75. The van der Waals surface area contributed by atoms with Crippen molar-refractivity contribution in [2.45, 2.75) is 26.2 Å². The minimum absolute atomic E-state index is 0.0955. The SMILES string of the molecule is C=C[C@H]1CCC[C@@]1(C)C=O. The Morgan fingerprint density at radius 1 is 1.70 bits per heavy atom. The molecule has 1 aliphatic rings. The van der Waals surface area contributed by atoms with E-state index in [9.17, 15) is 4.79 Å². The van der Waals surface area contributed by atoms with Crippen molar-refractivity contribution in [3.05, 3.63) is 12.7 Å². The molecule has 0 aromatic rings. The summed E-state index contributed by atoms with van der Waals surface area (Å²) in [6.45, 7) is 5.75. The summed E-state index contributed by atoms with van der Waals surface area (Å²) in [5, 5.41) is 0. The maximum atomic E-state index is 10.7. The van der Waals surface area contributed by atoms with E-state index in [1.54, 1.807) is 0 Å². The number of hydrogen-bond donors (Lipinski definition) is 0. The zero-order valence-corrected chi connectivity index (χ0v) is 6.47.